The molecular weight excluding hydrogens is 505 g/mol. The van der Waals surface area contributed by atoms with Crippen molar-refractivity contribution in [1.29, 1.82) is 0 Å². The van der Waals surface area contributed by atoms with Crippen molar-refractivity contribution in [3.63, 3.8) is 0 Å². The number of guanidine groups is 1. The van der Waals surface area contributed by atoms with Gasteiger partial charge in [0.2, 0.25) is 0 Å². The van der Waals surface area contributed by atoms with Gasteiger partial charge >= 0.3 is 0 Å². The van der Waals surface area contributed by atoms with Gasteiger partial charge in [0.05, 0.1) is 19.9 Å². The van der Waals surface area contributed by atoms with Crippen molar-refractivity contribution in [2.45, 2.75) is 12.8 Å². The number of nitrogens with zero attached hydrogens (tertiary/aromatic N) is 3. The number of anilines is 2. The monoisotopic (exact) mass is 539 g/mol. The zero-order valence-electron chi connectivity index (χ0n) is 18.4. The lowest BCUT2D eigenvalue weighted by atomic mass is 10.2. The third-order valence-electron chi connectivity index (χ3n) is 5.33. The first kappa shape index (κ1) is 25.1. The van der Waals surface area contributed by atoms with Crippen molar-refractivity contribution in [2.24, 2.45) is 10.7 Å². The highest BCUT2D eigenvalue weighted by molar-refractivity contribution is 14.0. The van der Waals surface area contributed by atoms with Crippen molar-refractivity contribution < 1.29 is 9.47 Å². The molecule has 3 rings (SSSR count). The number of rotatable bonds is 9. The van der Waals surface area contributed by atoms with Crippen LogP contribution in [-0.2, 0) is 0 Å². The lowest BCUT2D eigenvalue weighted by Crippen LogP contribution is -2.46. The molecule has 31 heavy (non-hydrogen) atoms. The molecule has 0 bridgehead atoms. The predicted molar refractivity (Wildman–Crippen MR) is 139 cm³/mol. The molecule has 1 aliphatic rings. The van der Waals surface area contributed by atoms with Crippen LogP contribution in [0.3, 0.4) is 0 Å². The number of ether oxygens (including phenoxy) is 2. The Morgan fingerprint density at radius 2 is 1.74 bits per heavy atom. The van der Waals surface area contributed by atoms with Gasteiger partial charge in [0, 0.05) is 44.5 Å². The molecule has 0 saturated carbocycles. The average Bonchev–Trinajstić information content (AvgIpc) is 2.79. The van der Waals surface area contributed by atoms with E-state index in [0.717, 1.165) is 57.0 Å². The minimum absolute atomic E-state index is 0. The minimum Gasteiger partial charge on any atom is -0.497 e. The maximum absolute atomic E-state index is 6.04. The summed E-state index contributed by atoms with van der Waals surface area (Å²) in [7, 11) is 3.25. The Labute approximate surface area is 202 Å². The van der Waals surface area contributed by atoms with E-state index in [0.29, 0.717) is 18.3 Å². The molecule has 0 aromatic heterocycles. The number of benzene rings is 2. The smallest absolute Gasteiger partial charge is 0.193 e. The van der Waals surface area contributed by atoms with E-state index in [1.54, 1.807) is 14.2 Å². The van der Waals surface area contributed by atoms with Gasteiger partial charge in [-0.25, -0.2) is 0 Å². The molecule has 1 aliphatic heterocycles. The van der Waals surface area contributed by atoms with Crippen LogP contribution in [0.1, 0.15) is 12.8 Å². The first-order chi connectivity index (χ1) is 14.7. The molecule has 2 aromatic carbocycles. The fourth-order valence-corrected chi connectivity index (χ4v) is 3.60. The highest BCUT2D eigenvalue weighted by Gasteiger charge is 2.16. The van der Waals surface area contributed by atoms with Crippen LogP contribution in [0.5, 0.6) is 11.5 Å². The van der Waals surface area contributed by atoms with Gasteiger partial charge in [0.15, 0.2) is 5.96 Å². The number of aliphatic imine (C=N–C) groups is 1. The second-order valence-electron chi connectivity index (χ2n) is 7.33. The van der Waals surface area contributed by atoms with Gasteiger partial charge < -0.3 is 25.4 Å². The van der Waals surface area contributed by atoms with Crippen molar-refractivity contribution in [2.75, 3.05) is 63.7 Å². The van der Waals surface area contributed by atoms with Gasteiger partial charge in [0.1, 0.15) is 11.5 Å². The third-order valence-corrected chi connectivity index (χ3v) is 5.33. The van der Waals surface area contributed by atoms with E-state index < -0.39 is 0 Å². The summed E-state index contributed by atoms with van der Waals surface area (Å²) in [6.45, 7) is 6.20. The Balaban J connectivity index is 0.00000341. The molecule has 0 unspecified atom stereocenters. The molecular formula is C23H34IN5O2. The molecule has 8 heteroatoms. The largest absolute Gasteiger partial charge is 0.497 e. The fourth-order valence-electron chi connectivity index (χ4n) is 3.60. The molecule has 170 valence electrons. The van der Waals surface area contributed by atoms with Crippen LogP contribution in [0.2, 0.25) is 0 Å². The average molecular weight is 539 g/mol. The van der Waals surface area contributed by atoms with E-state index in [-0.39, 0.29) is 24.0 Å². The van der Waals surface area contributed by atoms with E-state index in [2.05, 4.69) is 50.4 Å². The van der Waals surface area contributed by atoms with E-state index in [9.17, 15) is 0 Å². The van der Waals surface area contributed by atoms with Crippen LogP contribution in [0, 0.1) is 0 Å². The third kappa shape index (κ3) is 7.77. The normalized spacial score (nSPS) is 14.6. The number of hydrogen-bond acceptors (Lipinski definition) is 5. The number of methoxy groups -OCH3 is 2. The van der Waals surface area contributed by atoms with Crippen molar-refractivity contribution >= 4 is 41.3 Å². The molecule has 0 spiro atoms. The van der Waals surface area contributed by atoms with Crippen LogP contribution in [0.4, 0.5) is 11.4 Å². The first-order valence-electron chi connectivity index (χ1n) is 10.5. The number of nitrogens with two attached hydrogens (primary N) is 1. The van der Waals surface area contributed by atoms with Crippen molar-refractivity contribution in [1.82, 2.24) is 4.90 Å². The fraction of sp³-hybridized carbons (Fsp3) is 0.435. The van der Waals surface area contributed by atoms with Gasteiger partial charge in [-0.2, -0.15) is 0 Å². The zero-order valence-corrected chi connectivity index (χ0v) is 20.7. The summed E-state index contributed by atoms with van der Waals surface area (Å²) in [4.78, 5) is 9.44. The second-order valence-corrected chi connectivity index (χ2v) is 7.33. The SMILES string of the molecule is COc1ccc(OC)c(NC(N)=NCCCCN2CCN(c3ccccc3)CC2)c1.I. The Bertz CT molecular complexity index is 811. The summed E-state index contributed by atoms with van der Waals surface area (Å²) in [5, 5.41) is 3.10. The number of para-hydroxylation sites is 1. The summed E-state index contributed by atoms with van der Waals surface area (Å²) >= 11 is 0. The summed E-state index contributed by atoms with van der Waals surface area (Å²) in [5.74, 6) is 1.82. The molecule has 0 amide bonds. The minimum atomic E-state index is 0. The maximum atomic E-state index is 6.04. The van der Waals surface area contributed by atoms with Gasteiger partial charge in [-0.3, -0.25) is 9.89 Å². The van der Waals surface area contributed by atoms with Gasteiger partial charge in [-0.15, -0.1) is 24.0 Å². The Morgan fingerprint density at radius 3 is 2.42 bits per heavy atom. The molecule has 0 aliphatic carbocycles. The topological polar surface area (TPSA) is 75.3 Å². The molecule has 0 atom stereocenters. The number of piperazine rings is 1. The summed E-state index contributed by atoms with van der Waals surface area (Å²) in [6, 6.07) is 16.2. The van der Waals surface area contributed by atoms with Crippen LogP contribution in [0.15, 0.2) is 53.5 Å². The Morgan fingerprint density at radius 1 is 1.00 bits per heavy atom. The van der Waals surface area contributed by atoms with E-state index in [1.807, 2.05) is 18.2 Å². The summed E-state index contributed by atoms with van der Waals surface area (Å²) in [5.41, 5.74) is 8.11. The molecule has 3 N–H and O–H groups in total. The zero-order chi connectivity index (χ0) is 21.2. The summed E-state index contributed by atoms with van der Waals surface area (Å²) < 4.78 is 10.6. The lowest BCUT2D eigenvalue weighted by molar-refractivity contribution is 0.253. The van der Waals surface area contributed by atoms with Crippen molar-refractivity contribution in [3.05, 3.63) is 48.5 Å². The number of unbranched alkanes of at least 4 members (excludes halogenated alkanes) is 1. The molecule has 2 aromatic rings. The molecule has 1 fully saturated rings. The van der Waals surface area contributed by atoms with Crippen LogP contribution in [0.25, 0.3) is 0 Å². The molecule has 7 nitrogen and oxygen atoms in total. The van der Waals surface area contributed by atoms with E-state index >= 15 is 0 Å². The van der Waals surface area contributed by atoms with Crippen LogP contribution >= 0.6 is 24.0 Å². The highest BCUT2D eigenvalue weighted by atomic mass is 127. The Hall–Kier alpha value is -2.20. The number of halogens is 1. The second kappa shape index (κ2) is 13.3. The molecule has 1 heterocycles. The standard InChI is InChI=1S/C23H33N5O2.HI/c1-29-20-10-11-22(30-2)21(18-20)26-23(24)25-12-6-7-13-27-14-16-28(17-15-27)19-8-4-3-5-9-19;/h3-5,8-11,18H,6-7,12-17H2,1-2H3,(H3,24,25,26);1H. The first-order valence-corrected chi connectivity index (χ1v) is 10.5. The van der Waals surface area contributed by atoms with Crippen molar-refractivity contribution in [3.8, 4) is 11.5 Å². The highest BCUT2D eigenvalue weighted by Crippen LogP contribution is 2.28. The van der Waals surface area contributed by atoms with Crippen LogP contribution in [-0.4, -0.2) is 64.3 Å². The quantitative estimate of drug-likeness (QED) is 0.219. The summed E-state index contributed by atoms with van der Waals surface area (Å²) in [6.07, 6.45) is 2.13. The van der Waals surface area contributed by atoms with Gasteiger partial charge in [-0.05, 0) is 43.7 Å². The molecule has 1 saturated heterocycles. The number of hydrogen-bond donors (Lipinski definition) is 2. The predicted octanol–water partition coefficient (Wildman–Crippen LogP) is 3.65. The van der Waals surface area contributed by atoms with E-state index in [4.69, 9.17) is 15.2 Å². The van der Waals surface area contributed by atoms with E-state index in [1.165, 1.54) is 5.69 Å². The lowest BCUT2D eigenvalue weighted by Gasteiger charge is -2.36. The number of nitrogens with one attached hydrogen (secondary N) is 1. The van der Waals surface area contributed by atoms with Gasteiger partial charge in [-0.1, -0.05) is 18.2 Å². The van der Waals surface area contributed by atoms with Gasteiger partial charge in [0.25, 0.3) is 0 Å². The molecule has 0 radical (unpaired) electrons. The van der Waals surface area contributed by atoms with Crippen LogP contribution < -0.4 is 25.4 Å². The Kier molecular flexibility index (Phi) is 10.7. The maximum Gasteiger partial charge on any atom is 0.193 e.